The zero-order chi connectivity index (χ0) is 14.5. The van der Waals surface area contributed by atoms with E-state index < -0.39 is 0 Å². The van der Waals surface area contributed by atoms with Gasteiger partial charge < -0.3 is 15.0 Å². The van der Waals surface area contributed by atoms with Gasteiger partial charge >= 0.3 is 0 Å². The van der Waals surface area contributed by atoms with Crippen molar-refractivity contribution in [2.45, 2.75) is 32.7 Å². The molecule has 0 saturated carbocycles. The topological polar surface area (TPSA) is 24.5 Å². The maximum atomic E-state index is 6.17. The number of likely N-dealkylation sites (tertiary alicyclic amines) is 1. The van der Waals surface area contributed by atoms with Crippen LogP contribution in [0.15, 0.2) is 18.2 Å². The van der Waals surface area contributed by atoms with Crippen LogP contribution in [0.2, 0.25) is 5.02 Å². The summed E-state index contributed by atoms with van der Waals surface area (Å²) in [6.45, 7) is 8.09. The Kier molecular flexibility index (Phi) is 5.55. The number of rotatable bonds is 5. The first-order valence-electron chi connectivity index (χ1n) is 7.46. The molecule has 1 aromatic carbocycles. The van der Waals surface area contributed by atoms with Gasteiger partial charge in [-0.2, -0.15) is 0 Å². The molecule has 2 rings (SSSR count). The Morgan fingerprint density at radius 2 is 2.30 bits per heavy atom. The SMILES string of the molecule is CCN1CCCC(C(C)Nc2ccc(OC)c(Cl)c2)C1. The number of anilines is 1. The normalized spacial score (nSPS) is 21.5. The Morgan fingerprint density at radius 3 is 2.95 bits per heavy atom. The Labute approximate surface area is 127 Å². The van der Waals surface area contributed by atoms with Gasteiger partial charge in [0.15, 0.2) is 0 Å². The average molecular weight is 297 g/mol. The Hall–Kier alpha value is -0.930. The summed E-state index contributed by atoms with van der Waals surface area (Å²) in [5, 5.41) is 4.24. The monoisotopic (exact) mass is 296 g/mol. The summed E-state index contributed by atoms with van der Waals surface area (Å²) in [5.41, 5.74) is 1.07. The van der Waals surface area contributed by atoms with Gasteiger partial charge in [0.2, 0.25) is 0 Å². The number of hydrogen-bond donors (Lipinski definition) is 1. The van der Waals surface area contributed by atoms with Gasteiger partial charge in [0.1, 0.15) is 5.75 Å². The van der Waals surface area contributed by atoms with Gasteiger partial charge in [-0.1, -0.05) is 18.5 Å². The first-order chi connectivity index (χ1) is 9.63. The molecule has 2 atom stereocenters. The fourth-order valence-corrected chi connectivity index (χ4v) is 3.18. The first-order valence-corrected chi connectivity index (χ1v) is 7.84. The van der Waals surface area contributed by atoms with Crippen molar-refractivity contribution >= 4 is 17.3 Å². The fraction of sp³-hybridized carbons (Fsp3) is 0.625. The van der Waals surface area contributed by atoms with Crippen molar-refractivity contribution in [1.29, 1.82) is 0 Å². The van der Waals surface area contributed by atoms with E-state index in [2.05, 4.69) is 24.1 Å². The standard InChI is InChI=1S/C16H25ClN2O/c1-4-19-9-5-6-13(11-19)12(2)18-14-7-8-16(20-3)15(17)10-14/h7-8,10,12-13,18H,4-6,9,11H2,1-3H3. The molecule has 0 amide bonds. The Bertz CT molecular complexity index is 438. The highest BCUT2D eigenvalue weighted by atomic mass is 35.5. The lowest BCUT2D eigenvalue weighted by atomic mass is 9.91. The van der Waals surface area contributed by atoms with Crippen molar-refractivity contribution < 1.29 is 4.74 Å². The van der Waals surface area contributed by atoms with E-state index in [4.69, 9.17) is 16.3 Å². The number of ether oxygens (including phenoxy) is 1. The molecule has 1 N–H and O–H groups in total. The molecule has 1 aliphatic heterocycles. The van der Waals surface area contributed by atoms with Crippen LogP contribution in [0.25, 0.3) is 0 Å². The third-order valence-electron chi connectivity index (χ3n) is 4.24. The van der Waals surface area contributed by atoms with Crippen LogP contribution < -0.4 is 10.1 Å². The van der Waals surface area contributed by atoms with E-state index in [-0.39, 0.29) is 0 Å². The largest absolute Gasteiger partial charge is 0.495 e. The molecule has 1 fully saturated rings. The molecule has 0 spiro atoms. The van der Waals surface area contributed by atoms with Gasteiger partial charge in [-0.15, -0.1) is 0 Å². The van der Waals surface area contributed by atoms with Crippen molar-refractivity contribution in [2.24, 2.45) is 5.92 Å². The van der Waals surface area contributed by atoms with Crippen LogP contribution in [0.3, 0.4) is 0 Å². The molecular weight excluding hydrogens is 272 g/mol. The van der Waals surface area contributed by atoms with Crippen LogP contribution in [0.5, 0.6) is 5.75 Å². The third-order valence-corrected chi connectivity index (χ3v) is 4.54. The summed E-state index contributed by atoms with van der Waals surface area (Å²) in [4.78, 5) is 2.54. The summed E-state index contributed by atoms with van der Waals surface area (Å²) >= 11 is 6.17. The van der Waals surface area contributed by atoms with Gasteiger partial charge in [0.05, 0.1) is 12.1 Å². The predicted molar refractivity (Wildman–Crippen MR) is 85.9 cm³/mol. The molecule has 0 radical (unpaired) electrons. The minimum absolute atomic E-state index is 0.453. The fourth-order valence-electron chi connectivity index (χ4n) is 2.92. The number of methoxy groups -OCH3 is 1. The number of benzene rings is 1. The van der Waals surface area contributed by atoms with E-state index in [1.165, 1.54) is 25.9 Å². The molecule has 0 aliphatic carbocycles. The highest BCUT2D eigenvalue weighted by Crippen LogP contribution is 2.29. The summed E-state index contributed by atoms with van der Waals surface area (Å²) in [6.07, 6.45) is 2.60. The zero-order valence-electron chi connectivity index (χ0n) is 12.7. The van der Waals surface area contributed by atoms with Crippen LogP contribution in [0.4, 0.5) is 5.69 Å². The van der Waals surface area contributed by atoms with E-state index in [1.807, 2.05) is 18.2 Å². The first kappa shape index (κ1) is 15.5. The minimum Gasteiger partial charge on any atom is -0.495 e. The molecule has 3 nitrogen and oxygen atoms in total. The second-order valence-electron chi connectivity index (χ2n) is 5.58. The quantitative estimate of drug-likeness (QED) is 0.892. The van der Waals surface area contributed by atoms with Gasteiger partial charge in [0.25, 0.3) is 0 Å². The average Bonchev–Trinajstić information content (AvgIpc) is 2.47. The molecule has 1 heterocycles. The highest BCUT2D eigenvalue weighted by molar-refractivity contribution is 6.32. The highest BCUT2D eigenvalue weighted by Gasteiger charge is 2.23. The Balaban J connectivity index is 1.96. The molecular formula is C16H25ClN2O. The molecule has 0 bridgehead atoms. The van der Waals surface area contributed by atoms with E-state index in [0.29, 0.717) is 17.0 Å². The van der Waals surface area contributed by atoms with E-state index in [0.717, 1.165) is 18.0 Å². The van der Waals surface area contributed by atoms with Crippen LogP contribution in [0, 0.1) is 5.92 Å². The third kappa shape index (κ3) is 3.80. The number of hydrogen-bond acceptors (Lipinski definition) is 3. The minimum atomic E-state index is 0.453. The molecule has 0 aromatic heterocycles. The molecule has 112 valence electrons. The van der Waals surface area contributed by atoms with Gasteiger partial charge in [0, 0.05) is 18.3 Å². The summed E-state index contributed by atoms with van der Waals surface area (Å²) in [6, 6.07) is 6.34. The number of nitrogens with zero attached hydrogens (tertiary/aromatic N) is 1. The van der Waals surface area contributed by atoms with Gasteiger partial charge in [-0.25, -0.2) is 0 Å². The Morgan fingerprint density at radius 1 is 1.50 bits per heavy atom. The second-order valence-corrected chi connectivity index (χ2v) is 5.99. The van der Waals surface area contributed by atoms with Crippen molar-refractivity contribution in [3.63, 3.8) is 0 Å². The van der Waals surface area contributed by atoms with Crippen LogP contribution >= 0.6 is 11.6 Å². The smallest absolute Gasteiger partial charge is 0.137 e. The summed E-state index contributed by atoms with van der Waals surface area (Å²) in [7, 11) is 1.64. The van der Waals surface area contributed by atoms with E-state index in [1.54, 1.807) is 7.11 Å². The van der Waals surface area contributed by atoms with Crippen LogP contribution in [0.1, 0.15) is 26.7 Å². The van der Waals surface area contributed by atoms with Gasteiger partial charge in [-0.3, -0.25) is 0 Å². The molecule has 20 heavy (non-hydrogen) atoms. The number of halogens is 1. The van der Waals surface area contributed by atoms with Crippen LogP contribution in [-0.4, -0.2) is 37.7 Å². The van der Waals surface area contributed by atoms with Gasteiger partial charge in [-0.05, 0) is 57.0 Å². The summed E-state index contributed by atoms with van der Waals surface area (Å²) in [5.74, 6) is 1.42. The maximum Gasteiger partial charge on any atom is 0.137 e. The molecule has 1 saturated heterocycles. The maximum absolute atomic E-state index is 6.17. The lowest BCUT2D eigenvalue weighted by Crippen LogP contribution is -2.41. The lowest BCUT2D eigenvalue weighted by molar-refractivity contribution is 0.172. The zero-order valence-corrected chi connectivity index (χ0v) is 13.4. The van der Waals surface area contributed by atoms with Crippen molar-refractivity contribution in [3.05, 3.63) is 23.2 Å². The predicted octanol–water partition coefficient (Wildman–Crippen LogP) is 3.88. The number of nitrogens with one attached hydrogen (secondary N) is 1. The van der Waals surface area contributed by atoms with Crippen molar-refractivity contribution in [1.82, 2.24) is 4.90 Å². The summed E-state index contributed by atoms with van der Waals surface area (Å²) < 4.78 is 5.18. The van der Waals surface area contributed by atoms with E-state index >= 15 is 0 Å². The van der Waals surface area contributed by atoms with Crippen molar-refractivity contribution in [2.75, 3.05) is 32.1 Å². The molecule has 1 aliphatic rings. The number of piperidine rings is 1. The molecule has 2 unspecified atom stereocenters. The van der Waals surface area contributed by atoms with Crippen molar-refractivity contribution in [3.8, 4) is 5.75 Å². The lowest BCUT2D eigenvalue weighted by Gasteiger charge is -2.35. The van der Waals surface area contributed by atoms with Crippen LogP contribution in [-0.2, 0) is 0 Å². The second kappa shape index (κ2) is 7.19. The molecule has 1 aromatic rings. The van der Waals surface area contributed by atoms with E-state index in [9.17, 15) is 0 Å². The molecule has 4 heteroatoms.